The summed E-state index contributed by atoms with van der Waals surface area (Å²) in [5.41, 5.74) is -0.963. The average molecular weight is 284 g/mol. The van der Waals surface area contributed by atoms with Crippen LogP contribution in [0, 0.1) is 5.41 Å². The highest BCUT2D eigenvalue weighted by molar-refractivity contribution is 7.11. The van der Waals surface area contributed by atoms with Crippen molar-refractivity contribution in [3.8, 4) is 0 Å². The molecular weight excluding hydrogens is 264 g/mol. The molecule has 0 atom stereocenters. The predicted molar refractivity (Wildman–Crippen MR) is 75.4 cm³/mol. The lowest BCUT2D eigenvalue weighted by Crippen LogP contribution is -2.43. The van der Waals surface area contributed by atoms with E-state index in [4.69, 9.17) is 5.11 Å². The molecule has 0 unspecified atom stereocenters. The molecule has 1 rings (SSSR count). The van der Waals surface area contributed by atoms with Crippen molar-refractivity contribution in [2.45, 2.75) is 33.7 Å². The summed E-state index contributed by atoms with van der Waals surface area (Å²) >= 11 is 1.67. The van der Waals surface area contributed by atoms with Crippen molar-refractivity contribution in [2.24, 2.45) is 5.41 Å². The Bertz CT molecular complexity index is 454. The van der Waals surface area contributed by atoms with Gasteiger partial charge in [-0.15, -0.1) is 11.3 Å². The molecule has 0 aliphatic carbocycles. The van der Waals surface area contributed by atoms with Gasteiger partial charge in [0, 0.05) is 16.3 Å². The van der Waals surface area contributed by atoms with Gasteiger partial charge in [-0.2, -0.15) is 0 Å². The Balaban J connectivity index is 2.34. The van der Waals surface area contributed by atoms with Crippen molar-refractivity contribution in [1.82, 2.24) is 10.6 Å². The summed E-state index contributed by atoms with van der Waals surface area (Å²) in [4.78, 5) is 24.8. The summed E-state index contributed by atoms with van der Waals surface area (Å²) < 4.78 is 0. The molecule has 106 valence electrons. The summed E-state index contributed by atoms with van der Waals surface area (Å²) in [7, 11) is 0. The SMILES string of the molecule is CCc1ccc(CNC(=O)NCC(C)(C)C(=O)O)s1. The highest BCUT2D eigenvalue weighted by atomic mass is 32.1. The van der Waals surface area contributed by atoms with E-state index in [9.17, 15) is 9.59 Å². The average Bonchev–Trinajstić information content (AvgIpc) is 2.81. The molecule has 0 saturated carbocycles. The molecule has 6 heteroatoms. The van der Waals surface area contributed by atoms with E-state index in [1.165, 1.54) is 4.88 Å². The summed E-state index contributed by atoms with van der Waals surface area (Å²) in [6.07, 6.45) is 0.990. The van der Waals surface area contributed by atoms with Gasteiger partial charge in [0.1, 0.15) is 0 Å². The number of thiophene rings is 1. The molecular formula is C13H20N2O3S. The molecule has 0 radical (unpaired) electrons. The van der Waals surface area contributed by atoms with Gasteiger partial charge in [0.15, 0.2) is 0 Å². The van der Waals surface area contributed by atoms with Crippen LogP contribution in [0.3, 0.4) is 0 Å². The van der Waals surface area contributed by atoms with Crippen LogP contribution in [-0.4, -0.2) is 23.7 Å². The number of carboxylic acids is 1. The number of amides is 2. The zero-order valence-corrected chi connectivity index (χ0v) is 12.3. The van der Waals surface area contributed by atoms with Crippen LogP contribution in [0.1, 0.15) is 30.5 Å². The van der Waals surface area contributed by atoms with E-state index in [0.717, 1.165) is 11.3 Å². The molecule has 1 aromatic rings. The molecule has 3 N–H and O–H groups in total. The van der Waals surface area contributed by atoms with Gasteiger partial charge >= 0.3 is 12.0 Å². The maximum absolute atomic E-state index is 11.6. The number of aryl methyl sites for hydroxylation is 1. The monoisotopic (exact) mass is 284 g/mol. The van der Waals surface area contributed by atoms with Crippen molar-refractivity contribution in [3.63, 3.8) is 0 Å². The van der Waals surface area contributed by atoms with E-state index in [-0.39, 0.29) is 12.6 Å². The maximum atomic E-state index is 11.6. The lowest BCUT2D eigenvalue weighted by Gasteiger charge is -2.19. The van der Waals surface area contributed by atoms with Crippen molar-refractivity contribution in [3.05, 3.63) is 21.9 Å². The number of carbonyl (C=O) groups is 2. The fourth-order valence-corrected chi connectivity index (χ4v) is 2.21. The normalized spacial score (nSPS) is 11.1. The summed E-state index contributed by atoms with van der Waals surface area (Å²) in [5, 5.41) is 14.2. The minimum Gasteiger partial charge on any atom is -0.481 e. The molecule has 0 aromatic carbocycles. The van der Waals surface area contributed by atoms with E-state index in [1.54, 1.807) is 25.2 Å². The molecule has 0 fully saturated rings. The van der Waals surface area contributed by atoms with Crippen LogP contribution in [0.2, 0.25) is 0 Å². The Morgan fingerprint density at radius 1 is 1.26 bits per heavy atom. The van der Waals surface area contributed by atoms with Gasteiger partial charge in [0.25, 0.3) is 0 Å². The first-order valence-corrected chi connectivity index (χ1v) is 6.99. The van der Waals surface area contributed by atoms with Crippen LogP contribution in [0.15, 0.2) is 12.1 Å². The van der Waals surface area contributed by atoms with Gasteiger partial charge in [-0.1, -0.05) is 6.92 Å². The first-order chi connectivity index (χ1) is 8.85. The van der Waals surface area contributed by atoms with E-state index in [2.05, 4.69) is 17.6 Å². The van der Waals surface area contributed by atoms with Crippen LogP contribution >= 0.6 is 11.3 Å². The fraction of sp³-hybridized carbons (Fsp3) is 0.538. The van der Waals surface area contributed by atoms with Gasteiger partial charge in [0.05, 0.1) is 12.0 Å². The predicted octanol–water partition coefficient (Wildman–Crippen LogP) is 2.22. The lowest BCUT2D eigenvalue weighted by atomic mass is 9.94. The highest BCUT2D eigenvalue weighted by Crippen LogP contribution is 2.16. The second-order valence-corrected chi connectivity index (χ2v) is 6.20. The van der Waals surface area contributed by atoms with Gasteiger partial charge in [0.2, 0.25) is 0 Å². The third kappa shape index (κ3) is 4.90. The van der Waals surface area contributed by atoms with E-state index >= 15 is 0 Å². The largest absolute Gasteiger partial charge is 0.481 e. The van der Waals surface area contributed by atoms with Crippen molar-refractivity contribution in [2.75, 3.05) is 6.54 Å². The zero-order chi connectivity index (χ0) is 14.5. The molecule has 0 saturated heterocycles. The van der Waals surface area contributed by atoms with Crippen LogP contribution in [0.4, 0.5) is 4.79 Å². The van der Waals surface area contributed by atoms with E-state index in [1.807, 2.05) is 12.1 Å². The number of nitrogens with one attached hydrogen (secondary N) is 2. The number of hydrogen-bond donors (Lipinski definition) is 3. The standard InChI is InChI=1S/C13H20N2O3S/c1-4-9-5-6-10(19-9)7-14-12(18)15-8-13(2,3)11(16)17/h5-6H,4,7-8H2,1-3H3,(H,16,17)(H2,14,15,18). The highest BCUT2D eigenvalue weighted by Gasteiger charge is 2.27. The molecule has 19 heavy (non-hydrogen) atoms. The van der Waals surface area contributed by atoms with Gasteiger partial charge in [-0.05, 0) is 32.4 Å². The first kappa shape index (κ1) is 15.5. The number of carboxylic acid groups (broad SMARTS) is 1. The minimum atomic E-state index is -0.963. The number of rotatable bonds is 6. The quantitative estimate of drug-likeness (QED) is 0.749. The molecule has 1 aromatic heterocycles. The molecule has 0 bridgehead atoms. The van der Waals surface area contributed by atoms with Crippen LogP contribution < -0.4 is 10.6 Å². The van der Waals surface area contributed by atoms with Gasteiger partial charge in [-0.3, -0.25) is 4.79 Å². The van der Waals surface area contributed by atoms with Crippen molar-refractivity contribution < 1.29 is 14.7 Å². The Morgan fingerprint density at radius 3 is 2.42 bits per heavy atom. The molecule has 2 amide bonds. The summed E-state index contributed by atoms with van der Waals surface area (Å²) in [6.45, 7) is 5.79. The fourth-order valence-electron chi connectivity index (χ4n) is 1.31. The Labute approximate surface area is 117 Å². The summed E-state index contributed by atoms with van der Waals surface area (Å²) in [5.74, 6) is -0.932. The van der Waals surface area contributed by atoms with E-state index in [0.29, 0.717) is 6.54 Å². The zero-order valence-electron chi connectivity index (χ0n) is 11.4. The number of aliphatic carboxylic acids is 1. The smallest absolute Gasteiger partial charge is 0.315 e. The molecule has 0 aliphatic heterocycles. The second kappa shape index (κ2) is 6.56. The Kier molecular flexibility index (Phi) is 5.35. The van der Waals surface area contributed by atoms with Crippen molar-refractivity contribution in [1.29, 1.82) is 0 Å². The molecule has 0 spiro atoms. The minimum absolute atomic E-state index is 0.0960. The van der Waals surface area contributed by atoms with Crippen LogP contribution in [-0.2, 0) is 17.8 Å². The third-order valence-corrected chi connectivity index (χ3v) is 3.99. The second-order valence-electron chi connectivity index (χ2n) is 4.95. The first-order valence-electron chi connectivity index (χ1n) is 6.18. The van der Waals surface area contributed by atoms with Crippen LogP contribution in [0.25, 0.3) is 0 Å². The Morgan fingerprint density at radius 2 is 1.89 bits per heavy atom. The molecule has 0 aliphatic rings. The summed E-state index contributed by atoms with van der Waals surface area (Å²) in [6, 6.07) is 3.69. The third-order valence-electron chi connectivity index (χ3n) is 2.76. The van der Waals surface area contributed by atoms with Gasteiger partial charge in [-0.25, -0.2) is 4.79 Å². The number of hydrogen-bond acceptors (Lipinski definition) is 3. The van der Waals surface area contributed by atoms with Crippen molar-refractivity contribution >= 4 is 23.3 Å². The number of urea groups is 1. The molecule has 5 nitrogen and oxygen atoms in total. The Hall–Kier alpha value is -1.56. The molecule has 1 heterocycles. The topological polar surface area (TPSA) is 78.4 Å². The lowest BCUT2D eigenvalue weighted by molar-refractivity contribution is -0.146. The number of carbonyl (C=O) groups excluding carboxylic acids is 1. The van der Waals surface area contributed by atoms with Gasteiger partial charge < -0.3 is 15.7 Å². The van der Waals surface area contributed by atoms with Crippen LogP contribution in [0.5, 0.6) is 0 Å². The van der Waals surface area contributed by atoms with E-state index < -0.39 is 11.4 Å². The maximum Gasteiger partial charge on any atom is 0.315 e.